The first-order valence-corrected chi connectivity index (χ1v) is 10.8. The van der Waals surface area contributed by atoms with Gasteiger partial charge in [0.25, 0.3) is 0 Å². The van der Waals surface area contributed by atoms with Gasteiger partial charge in [-0.1, -0.05) is 61.8 Å². The van der Waals surface area contributed by atoms with Crippen LogP contribution in [0.2, 0.25) is 0 Å². The minimum Gasteiger partial charge on any atom is -0.458 e. The van der Waals surface area contributed by atoms with Crippen LogP contribution in [0.25, 0.3) is 0 Å². The maximum atomic E-state index is 12.9. The molecule has 2 unspecified atom stereocenters. The molecule has 0 amide bonds. The topological polar surface area (TPSA) is 63.6 Å². The molecule has 0 saturated heterocycles. The van der Waals surface area contributed by atoms with E-state index in [1.807, 2.05) is 41.5 Å². The van der Waals surface area contributed by atoms with Crippen LogP contribution in [0.3, 0.4) is 0 Å². The molecule has 0 fully saturated rings. The fourth-order valence-electron chi connectivity index (χ4n) is 3.39. The second-order valence-electron chi connectivity index (χ2n) is 9.64. The first-order chi connectivity index (χ1) is 12.7. The van der Waals surface area contributed by atoms with Crippen LogP contribution in [0.4, 0.5) is 0 Å². The SMILES string of the molecule is CC[C@H](C)C(C)(C)C(=O)[C@H](O)/C(C)=C(\C)C(C)OC(=O)C(C)[C@@H](C)CC(C)C. The smallest absolute Gasteiger partial charge is 0.309 e. The van der Waals surface area contributed by atoms with Gasteiger partial charge in [0.15, 0.2) is 5.78 Å². The van der Waals surface area contributed by atoms with Crippen molar-refractivity contribution in [2.45, 2.75) is 101 Å². The number of carbonyl (C=O) groups excluding carboxylic acids is 2. The zero-order valence-electron chi connectivity index (χ0n) is 20.1. The highest BCUT2D eigenvalue weighted by atomic mass is 16.5. The number of ketones is 1. The summed E-state index contributed by atoms with van der Waals surface area (Å²) < 4.78 is 5.66. The molecule has 0 aromatic rings. The second kappa shape index (κ2) is 11.1. The third kappa shape index (κ3) is 7.02. The van der Waals surface area contributed by atoms with E-state index in [2.05, 4.69) is 20.8 Å². The number of aliphatic hydroxyl groups excluding tert-OH is 1. The molecule has 0 aliphatic carbocycles. The van der Waals surface area contributed by atoms with Gasteiger partial charge in [-0.25, -0.2) is 0 Å². The number of ether oxygens (including phenoxy) is 1. The summed E-state index contributed by atoms with van der Waals surface area (Å²) in [6.07, 6.45) is 0.183. The van der Waals surface area contributed by atoms with Crippen molar-refractivity contribution < 1.29 is 19.4 Å². The Labute approximate surface area is 173 Å². The predicted octanol–water partition coefficient (Wildman–Crippen LogP) is 5.58. The Bertz CT molecular complexity index is 559. The number of esters is 1. The molecule has 0 aromatic heterocycles. The Balaban J connectivity index is 5.25. The highest BCUT2D eigenvalue weighted by Gasteiger charge is 2.38. The summed E-state index contributed by atoms with van der Waals surface area (Å²) in [7, 11) is 0. The Kier molecular flexibility index (Phi) is 10.7. The van der Waals surface area contributed by atoms with Crippen LogP contribution in [0.5, 0.6) is 0 Å². The molecule has 4 nitrogen and oxygen atoms in total. The van der Waals surface area contributed by atoms with Crippen LogP contribution in [0, 0.1) is 29.1 Å². The molecule has 0 aromatic carbocycles. The summed E-state index contributed by atoms with van der Waals surface area (Å²) in [5, 5.41) is 10.7. The minimum absolute atomic E-state index is 0.168. The molecular formula is C24H44O4. The van der Waals surface area contributed by atoms with Crippen molar-refractivity contribution in [3.63, 3.8) is 0 Å². The van der Waals surface area contributed by atoms with Gasteiger partial charge < -0.3 is 9.84 Å². The number of aliphatic hydroxyl groups is 1. The third-order valence-electron chi connectivity index (χ3n) is 6.73. The fourth-order valence-corrected chi connectivity index (χ4v) is 3.39. The molecule has 0 aliphatic rings. The number of rotatable bonds is 11. The van der Waals surface area contributed by atoms with Gasteiger partial charge >= 0.3 is 5.97 Å². The van der Waals surface area contributed by atoms with Gasteiger partial charge in [-0.15, -0.1) is 0 Å². The Morgan fingerprint density at radius 1 is 0.964 bits per heavy atom. The zero-order chi connectivity index (χ0) is 22.4. The fraction of sp³-hybridized carbons (Fsp3) is 0.833. The van der Waals surface area contributed by atoms with Crippen molar-refractivity contribution in [2.24, 2.45) is 29.1 Å². The summed E-state index contributed by atoms with van der Waals surface area (Å²) in [5.74, 6) is 0.343. The van der Waals surface area contributed by atoms with Gasteiger partial charge in [-0.2, -0.15) is 0 Å². The lowest BCUT2D eigenvalue weighted by molar-refractivity contribution is -0.152. The quantitative estimate of drug-likeness (QED) is 0.366. The molecule has 0 spiro atoms. The summed E-state index contributed by atoms with van der Waals surface area (Å²) in [4.78, 5) is 25.4. The predicted molar refractivity (Wildman–Crippen MR) is 116 cm³/mol. The molecular weight excluding hydrogens is 352 g/mol. The lowest BCUT2D eigenvalue weighted by Crippen LogP contribution is -2.40. The largest absolute Gasteiger partial charge is 0.458 e. The molecule has 5 atom stereocenters. The van der Waals surface area contributed by atoms with Crippen molar-refractivity contribution in [2.75, 3.05) is 0 Å². The first kappa shape index (κ1) is 26.8. The van der Waals surface area contributed by atoms with E-state index in [1.54, 1.807) is 13.8 Å². The average molecular weight is 397 g/mol. The molecule has 0 radical (unpaired) electrons. The molecule has 28 heavy (non-hydrogen) atoms. The van der Waals surface area contributed by atoms with Crippen molar-refractivity contribution in [3.05, 3.63) is 11.1 Å². The molecule has 0 heterocycles. The van der Waals surface area contributed by atoms with Crippen LogP contribution in [-0.2, 0) is 14.3 Å². The van der Waals surface area contributed by atoms with Crippen molar-refractivity contribution in [3.8, 4) is 0 Å². The third-order valence-corrected chi connectivity index (χ3v) is 6.73. The highest BCUT2D eigenvalue weighted by Crippen LogP contribution is 2.33. The lowest BCUT2D eigenvalue weighted by atomic mass is 9.72. The van der Waals surface area contributed by atoms with Crippen LogP contribution < -0.4 is 0 Å². The van der Waals surface area contributed by atoms with Gasteiger partial charge in [-0.05, 0) is 56.1 Å². The van der Waals surface area contributed by atoms with E-state index in [-0.39, 0.29) is 29.5 Å². The summed E-state index contributed by atoms with van der Waals surface area (Å²) >= 11 is 0. The maximum Gasteiger partial charge on any atom is 0.309 e. The standard InChI is InChI=1S/C24H44O4/c1-12-16(5)24(10,11)22(26)21(25)19(8)18(7)20(9)28-23(27)17(6)15(4)13-14(2)3/h14-17,20-21,25H,12-13H2,1-11H3/b19-18+/t15-,16-,17?,20?,21+/m0/s1. The van der Waals surface area contributed by atoms with E-state index in [0.717, 1.165) is 18.4 Å². The first-order valence-electron chi connectivity index (χ1n) is 10.8. The molecule has 4 heteroatoms. The number of hydrogen-bond donors (Lipinski definition) is 1. The average Bonchev–Trinajstić information content (AvgIpc) is 2.62. The summed E-state index contributed by atoms with van der Waals surface area (Å²) in [5.41, 5.74) is 0.693. The molecule has 0 rings (SSSR count). The second-order valence-corrected chi connectivity index (χ2v) is 9.64. The lowest BCUT2D eigenvalue weighted by Gasteiger charge is -2.32. The van der Waals surface area contributed by atoms with Crippen molar-refractivity contribution in [1.29, 1.82) is 0 Å². The number of hydrogen-bond acceptors (Lipinski definition) is 4. The van der Waals surface area contributed by atoms with Crippen LogP contribution in [0.1, 0.15) is 89.0 Å². The van der Waals surface area contributed by atoms with Gasteiger partial charge in [0.05, 0.1) is 5.92 Å². The van der Waals surface area contributed by atoms with Crippen LogP contribution >= 0.6 is 0 Å². The molecule has 0 bridgehead atoms. The van der Waals surface area contributed by atoms with E-state index >= 15 is 0 Å². The molecule has 0 aliphatic heterocycles. The maximum absolute atomic E-state index is 12.9. The van der Waals surface area contributed by atoms with Crippen LogP contribution in [0.15, 0.2) is 11.1 Å². The van der Waals surface area contributed by atoms with Gasteiger partial charge in [-0.3, -0.25) is 9.59 Å². The van der Waals surface area contributed by atoms with Crippen molar-refractivity contribution >= 4 is 11.8 Å². The normalized spacial score (nSPS) is 18.8. The molecule has 1 N–H and O–H groups in total. The van der Waals surface area contributed by atoms with Crippen molar-refractivity contribution in [1.82, 2.24) is 0 Å². The van der Waals surface area contributed by atoms with E-state index in [0.29, 0.717) is 11.5 Å². The monoisotopic (exact) mass is 396 g/mol. The van der Waals surface area contributed by atoms with Gasteiger partial charge in [0.1, 0.15) is 12.2 Å². The Morgan fingerprint density at radius 3 is 1.89 bits per heavy atom. The highest BCUT2D eigenvalue weighted by molar-refractivity contribution is 5.90. The van der Waals surface area contributed by atoms with Gasteiger partial charge in [0, 0.05) is 5.41 Å². The molecule has 0 saturated carbocycles. The van der Waals surface area contributed by atoms with Gasteiger partial charge in [0.2, 0.25) is 0 Å². The van der Waals surface area contributed by atoms with E-state index < -0.39 is 17.6 Å². The van der Waals surface area contributed by atoms with E-state index in [1.165, 1.54) is 0 Å². The van der Waals surface area contributed by atoms with E-state index in [9.17, 15) is 14.7 Å². The number of Topliss-reactive ketones (excluding diaryl/α,β-unsaturated/α-hetero) is 1. The summed E-state index contributed by atoms with van der Waals surface area (Å²) in [6.45, 7) is 21.5. The number of carbonyl (C=O) groups is 2. The van der Waals surface area contributed by atoms with Crippen LogP contribution in [-0.4, -0.2) is 29.1 Å². The Morgan fingerprint density at radius 2 is 1.46 bits per heavy atom. The Hall–Kier alpha value is -1.16. The minimum atomic E-state index is -1.18. The molecule has 164 valence electrons. The van der Waals surface area contributed by atoms with E-state index in [4.69, 9.17) is 4.74 Å². The summed E-state index contributed by atoms with van der Waals surface area (Å²) in [6, 6.07) is 0. The zero-order valence-corrected chi connectivity index (χ0v) is 20.1.